The van der Waals surface area contributed by atoms with Crippen molar-refractivity contribution in [1.82, 2.24) is 0 Å². The third-order valence-corrected chi connectivity index (χ3v) is 1.87. The van der Waals surface area contributed by atoms with E-state index in [-0.39, 0.29) is 12.6 Å². The molecule has 3 heteroatoms. The molecule has 0 aliphatic rings. The summed E-state index contributed by atoms with van der Waals surface area (Å²) >= 11 is 0. The van der Waals surface area contributed by atoms with E-state index in [1.807, 2.05) is 19.1 Å². The zero-order chi connectivity index (χ0) is 11.1. The monoisotopic (exact) mass is 206 g/mol. The van der Waals surface area contributed by atoms with E-state index in [1.165, 1.54) is 7.11 Å². The first kappa shape index (κ1) is 11.3. The smallest absolute Gasteiger partial charge is 0.342 e. The number of methoxy groups -OCH3 is 1. The summed E-state index contributed by atoms with van der Waals surface area (Å²) in [5.74, 6) is 0.161. The lowest BCUT2D eigenvalue weighted by atomic mass is 10.2. The highest BCUT2D eigenvalue weighted by Crippen LogP contribution is 2.17. The van der Waals surface area contributed by atoms with E-state index < -0.39 is 0 Å². The van der Waals surface area contributed by atoms with Gasteiger partial charge in [0.25, 0.3) is 0 Å². The molecular formula is C12H14O3. The molecular weight excluding hydrogens is 192 g/mol. The van der Waals surface area contributed by atoms with Gasteiger partial charge in [-0.2, -0.15) is 0 Å². The highest BCUT2D eigenvalue weighted by Gasteiger charge is 2.11. The molecule has 0 heterocycles. The predicted octanol–water partition coefficient (Wildman–Crippen LogP) is 2.43. The topological polar surface area (TPSA) is 35.5 Å². The molecule has 1 rings (SSSR count). The molecule has 0 bridgehead atoms. The molecule has 0 aromatic heterocycles. The number of allylic oxidation sites excluding steroid dienone is 1. The third kappa shape index (κ3) is 3.13. The normalized spacial score (nSPS) is 10.3. The van der Waals surface area contributed by atoms with Crippen LogP contribution in [0.5, 0.6) is 5.75 Å². The second kappa shape index (κ2) is 5.86. The summed E-state index contributed by atoms with van der Waals surface area (Å²) in [4.78, 5) is 11.6. The van der Waals surface area contributed by atoms with Gasteiger partial charge in [0.1, 0.15) is 17.9 Å². The number of carbonyl (C=O) groups is 1. The van der Waals surface area contributed by atoms with E-state index in [2.05, 4.69) is 0 Å². The van der Waals surface area contributed by atoms with E-state index in [0.29, 0.717) is 11.3 Å². The first-order valence-electron chi connectivity index (χ1n) is 4.71. The Morgan fingerprint density at radius 1 is 1.40 bits per heavy atom. The molecule has 1 aromatic carbocycles. The third-order valence-electron chi connectivity index (χ3n) is 1.87. The van der Waals surface area contributed by atoms with E-state index in [0.717, 1.165) is 0 Å². The molecule has 15 heavy (non-hydrogen) atoms. The zero-order valence-electron chi connectivity index (χ0n) is 8.90. The van der Waals surface area contributed by atoms with Crippen LogP contribution in [0, 0.1) is 0 Å². The maximum Gasteiger partial charge on any atom is 0.342 e. The Balaban J connectivity index is 2.72. The molecule has 0 radical (unpaired) electrons. The van der Waals surface area contributed by atoms with Crippen LogP contribution in [0.15, 0.2) is 36.4 Å². The molecule has 1 aromatic rings. The largest absolute Gasteiger partial charge is 0.496 e. The maximum atomic E-state index is 11.6. The van der Waals surface area contributed by atoms with Crippen LogP contribution in [0.25, 0.3) is 0 Å². The number of ether oxygens (including phenoxy) is 2. The van der Waals surface area contributed by atoms with Gasteiger partial charge in [0.15, 0.2) is 0 Å². The molecule has 0 saturated carbocycles. The van der Waals surface area contributed by atoms with Crippen molar-refractivity contribution in [3.8, 4) is 5.75 Å². The van der Waals surface area contributed by atoms with Gasteiger partial charge in [0, 0.05) is 0 Å². The lowest BCUT2D eigenvalue weighted by molar-refractivity contribution is 0.0546. The highest BCUT2D eigenvalue weighted by atomic mass is 16.5. The summed E-state index contributed by atoms with van der Waals surface area (Å²) < 4.78 is 10.1. The summed E-state index contributed by atoms with van der Waals surface area (Å²) in [7, 11) is 1.53. The molecule has 0 atom stereocenters. The van der Waals surface area contributed by atoms with Gasteiger partial charge in [-0.25, -0.2) is 4.79 Å². The maximum absolute atomic E-state index is 11.6. The average molecular weight is 206 g/mol. The van der Waals surface area contributed by atoms with Crippen LogP contribution in [-0.4, -0.2) is 19.7 Å². The number of hydrogen-bond acceptors (Lipinski definition) is 3. The van der Waals surface area contributed by atoms with Crippen LogP contribution in [0.4, 0.5) is 0 Å². The van der Waals surface area contributed by atoms with Gasteiger partial charge in [0.2, 0.25) is 0 Å². The molecule has 0 amide bonds. The highest BCUT2D eigenvalue weighted by molar-refractivity contribution is 5.92. The Morgan fingerprint density at radius 3 is 2.80 bits per heavy atom. The Morgan fingerprint density at radius 2 is 2.13 bits per heavy atom. The molecule has 0 aliphatic heterocycles. The van der Waals surface area contributed by atoms with Crippen molar-refractivity contribution in [2.75, 3.05) is 13.7 Å². The lowest BCUT2D eigenvalue weighted by Crippen LogP contribution is -2.06. The summed E-state index contributed by atoms with van der Waals surface area (Å²) in [6.07, 6.45) is 3.60. The van der Waals surface area contributed by atoms with E-state index in [9.17, 15) is 4.79 Å². The summed E-state index contributed by atoms with van der Waals surface area (Å²) in [6, 6.07) is 6.99. The van der Waals surface area contributed by atoms with Gasteiger partial charge in [-0.3, -0.25) is 0 Å². The minimum atomic E-state index is -0.370. The van der Waals surface area contributed by atoms with Gasteiger partial charge in [-0.15, -0.1) is 0 Å². The Labute approximate surface area is 89.3 Å². The van der Waals surface area contributed by atoms with Gasteiger partial charge in [-0.1, -0.05) is 24.3 Å². The van der Waals surface area contributed by atoms with Crippen molar-refractivity contribution in [2.45, 2.75) is 6.92 Å². The first-order chi connectivity index (χ1) is 7.29. The van der Waals surface area contributed by atoms with Gasteiger partial charge in [-0.05, 0) is 19.1 Å². The molecule has 80 valence electrons. The standard InChI is InChI=1S/C12H14O3/c1-3-4-9-15-12(13)10-7-5-6-8-11(10)14-2/h3-8H,9H2,1-2H3. The van der Waals surface area contributed by atoms with Crippen LogP contribution < -0.4 is 4.74 Å². The quantitative estimate of drug-likeness (QED) is 0.560. The molecule has 0 fully saturated rings. The molecule has 0 N–H and O–H groups in total. The van der Waals surface area contributed by atoms with Crippen molar-refractivity contribution in [1.29, 1.82) is 0 Å². The number of esters is 1. The average Bonchev–Trinajstić information content (AvgIpc) is 2.29. The molecule has 3 nitrogen and oxygen atoms in total. The Bertz CT molecular complexity index is 356. The van der Waals surface area contributed by atoms with Crippen molar-refractivity contribution in [3.05, 3.63) is 42.0 Å². The van der Waals surface area contributed by atoms with Crippen molar-refractivity contribution >= 4 is 5.97 Å². The molecule has 0 aliphatic carbocycles. The minimum absolute atomic E-state index is 0.285. The van der Waals surface area contributed by atoms with E-state index >= 15 is 0 Å². The summed E-state index contributed by atoms with van der Waals surface area (Å²) in [6.45, 7) is 2.16. The molecule has 0 spiro atoms. The lowest BCUT2D eigenvalue weighted by Gasteiger charge is -2.06. The van der Waals surface area contributed by atoms with Crippen LogP contribution >= 0.6 is 0 Å². The first-order valence-corrected chi connectivity index (χ1v) is 4.71. The van der Waals surface area contributed by atoms with Crippen molar-refractivity contribution < 1.29 is 14.3 Å². The fourth-order valence-corrected chi connectivity index (χ4v) is 1.11. The van der Waals surface area contributed by atoms with Gasteiger partial charge in [0.05, 0.1) is 7.11 Å². The number of benzene rings is 1. The van der Waals surface area contributed by atoms with Crippen LogP contribution in [0.2, 0.25) is 0 Å². The fraction of sp³-hybridized carbons (Fsp3) is 0.250. The van der Waals surface area contributed by atoms with Gasteiger partial charge >= 0.3 is 5.97 Å². The summed E-state index contributed by atoms with van der Waals surface area (Å²) in [5.41, 5.74) is 0.449. The van der Waals surface area contributed by atoms with Gasteiger partial charge < -0.3 is 9.47 Å². The molecule has 0 unspecified atom stereocenters. The fourth-order valence-electron chi connectivity index (χ4n) is 1.11. The summed E-state index contributed by atoms with van der Waals surface area (Å²) in [5, 5.41) is 0. The van der Waals surface area contributed by atoms with Crippen LogP contribution in [0.3, 0.4) is 0 Å². The second-order valence-corrected chi connectivity index (χ2v) is 2.87. The van der Waals surface area contributed by atoms with E-state index in [4.69, 9.17) is 9.47 Å². The SMILES string of the molecule is CC=CCOC(=O)c1ccccc1OC. The number of carbonyl (C=O) groups excluding carboxylic acids is 1. The Hall–Kier alpha value is -1.77. The zero-order valence-corrected chi connectivity index (χ0v) is 8.90. The number of para-hydroxylation sites is 1. The van der Waals surface area contributed by atoms with Crippen molar-refractivity contribution in [3.63, 3.8) is 0 Å². The Kier molecular flexibility index (Phi) is 4.41. The van der Waals surface area contributed by atoms with Crippen molar-refractivity contribution in [2.24, 2.45) is 0 Å². The minimum Gasteiger partial charge on any atom is -0.496 e. The number of rotatable bonds is 4. The molecule has 0 saturated heterocycles. The van der Waals surface area contributed by atoms with E-state index in [1.54, 1.807) is 24.3 Å². The predicted molar refractivity (Wildman–Crippen MR) is 58.1 cm³/mol. The van der Waals surface area contributed by atoms with Crippen LogP contribution in [-0.2, 0) is 4.74 Å². The number of hydrogen-bond donors (Lipinski definition) is 0. The second-order valence-electron chi connectivity index (χ2n) is 2.87. The van der Waals surface area contributed by atoms with Crippen LogP contribution in [0.1, 0.15) is 17.3 Å².